The number of amides is 1. The van der Waals surface area contributed by atoms with Crippen LogP contribution in [-0.2, 0) is 17.9 Å². The molecule has 3 aromatic rings. The topological polar surface area (TPSA) is 118 Å². The number of hydrogen-bond donors (Lipinski definition) is 1. The highest BCUT2D eigenvalue weighted by molar-refractivity contribution is 5.90. The second-order valence-electron chi connectivity index (χ2n) is 6.64. The van der Waals surface area contributed by atoms with Gasteiger partial charge in [0.05, 0.1) is 30.6 Å². The predicted molar refractivity (Wildman–Crippen MR) is 117 cm³/mol. The number of benzene rings is 2. The Labute approximate surface area is 184 Å². The fraction of sp³-hybridized carbons (Fsp3) is 0.273. The van der Waals surface area contributed by atoms with E-state index in [2.05, 4.69) is 10.4 Å². The average Bonchev–Trinajstić information content (AvgIpc) is 3.24. The normalized spacial score (nSPS) is 10.4. The molecule has 1 aromatic heterocycles. The molecule has 0 saturated carbocycles. The van der Waals surface area contributed by atoms with Crippen molar-refractivity contribution in [1.82, 2.24) is 9.78 Å². The van der Waals surface area contributed by atoms with Gasteiger partial charge in [-0.05, 0) is 60.7 Å². The van der Waals surface area contributed by atoms with Crippen molar-refractivity contribution in [1.29, 1.82) is 0 Å². The summed E-state index contributed by atoms with van der Waals surface area (Å²) >= 11 is 0. The van der Waals surface area contributed by atoms with Crippen molar-refractivity contribution in [2.75, 3.05) is 18.5 Å². The minimum Gasteiger partial charge on any atom is -0.490 e. The predicted octanol–water partition coefficient (Wildman–Crippen LogP) is 3.81. The maximum Gasteiger partial charge on any atom is 0.389 e. The monoisotopic (exact) mass is 440 g/mol. The van der Waals surface area contributed by atoms with Gasteiger partial charge < -0.3 is 29.6 Å². The quantitative estimate of drug-likeness (QED) is 0.356. The maximum atomic E-state index is 12.1. The summed E-state index contributed by atoms with van der Waals surface area (Å²) in [5.74, 6) is 1.35. The third kappa shape index (κ3) is 6.21. The molecule has 32 heavy (non-hydrogen) atoms. The highest BCUT2D eigenvalue weighted by Crippen LogP contribution is 2.29. The van der Waals surface area contributed by atoms with Crippen molar-refractivity contribution < 1.29 is 23.9 Å². The molecular weight excluding hydrogens is 416 g/mol. The molecule has 0 radical (unpaired) electrons. The van der Waals surface area contributed by atoms with Gasteiger partial charge in [-0.2, -0.15) is 4.68 Å². The second kappa shape index (κ2) is 10.8. The molecule has 1 amide bonds. The molecule has 1 N–H and O–H groups in total. The molecular formula is C22H24N4O6. The first kappa shape index (κ1) is 22.6. The Morgan fingerprint density at radius 1 is 1.03 bits per heavy atom. The lowest BCUT2D eigenvalue weighted by atomic mass is 10.2. The number of aromatic nitrogens is 2. The van der Waals surface area contributed by atoms with E-state index in [1.165, 1.54) is 16.9 Å². The van der Waals surface area contributed by atoms with Crippen LogP contribution in [0.4, 0.5) is 11.5 Å². The van der Waals surface area contributed by atoms with E-state index in [1.54, 1.807) is 24.3 Å². The number of carbonyl (C=O) groups excluding carboxylic acids is 1. The van der Waals surface area contributed by atoms with E-state index in [4.69, 9.17) is 14.2 Å². The number of ether oxygens (including phenoxy) is 3. The molecule has 168 valence electrons. The fourth-order valence-corrected chi connectivity index (χ4v) is 2.87. The van der Waals surface area contributed by atoms with Crippen molar-refractivity contribution in [2.45, 2.75) is 27.0 Å². The summed E-state index contributed by atoms with van der Waals surface area (Å²) in [4.78, 5) is 22.2. The molecule has 0 aliphatic rings. The van der Waals surface area contributed by atoms with Crippen molar-refractivity contribution in [3.8, 4) is 17.2 Å². The lowest BCUT2D eigenvalue weighted by Gasteiger charge is -2.13. The summed E-state index contributed by atoms with van der Waals surface area (Å²) in [6.45, 7) is 5.14. The van der Waals surface area contributed by atoms with Crippen LogP contribution in [0.25, 0.3) is 0 Å². The van der Waals surface area contributed by atoms with Gasteiger partial charge in [-0.25, -0.2) is 0 Å². The Balaban J connectivity index is 1.53. The Morgan fingerprint density at radius 3 is 2.41 bits per heavy atom. The van der Waals surface area contributed by atoms with Crippen LogP contribution in [0.15, 0.2) is 54.7 Å². The van der Waals surface area contributed by atoms with E-state index in [0.717, 1.165) is 5.56 Å². The minimum absolute atomic E-state index is 0.133. The number of nitrogens with zero attached hydrogens (tertiary/aromatic N) is 3. The molecule has 0 aliphatic carbocycles. The van der Waals surface area contributed by atoms with Gasteiger partial charge in [0.2, 0.25) is 5.91 Å². The summed E-state index contributed by atoms with van der Waals surface area (Å²) in [6.07, 6.45) is 1.38. The summed E-state index contributed by atoms with van der Waals surface area (Å²) in [6, 6.07) is 13.8. The Kier molecular flexibility index (Phi) is 7.63. The number of anilines is 1. The van der Waals surface area contributed by atoms with Crippen LogP contribution in [-0.4, -0.2) is 33.8 Å². The molecule has 10 heteroatoms. The first-order valence-corrected chi connectivity index (χ1v) is 10.1. The third-order valence-corrected chi connectivity index (χ3v) is 4.27. The average molecular weight is 440 g/mol. The first-order chi connectivity index (χ1) is 15.5. The molecule has 0 atom stereocenters. The maximum absolute atomic E-state index is 12.1. The number of rotatable bonds is 11. The van der Waals surface area contributed by atoms with Gasteiger partial charge >= 0.3 is 5.82 Å². The molecule has 0 unspecified atom stereocenters. The SMILES string of the molecule is CCOc1ccc(COc2ccc(NC(=O)Cn3ccc([N+](=O)[O-])n3)cc2)cc1OCC. The van der Waals surface area contributed by atoms with Crippen molar-refractivity contribution in [3.63, 3.8) is 0 Å². The van der Waals surface area contributed by atoms with E-state index in [1.807, 2.05) is 32.0 Å². The summed E-state index contributed by atoms with van der Waals surface area (Å²) in [5, 5.41) is 17.1. The van der Waals surface area contributed by atoms with Crippen molar-refractivity contribution in [3.05, 3.63) is 70.4 Å². The Bertz CT molecular complexity index is 1060. The minimum atomic E-state index is -0.613. The zero-order valence-corrected chi connectivity index (χ0v) is 17.8. The first-order valence-electron chi connectivity index (χ1n) is 10.1. The highest BCUT2D eigenvalue weighted by atomic mass is 16.6. The smallest absolute Gasteiger partial charge is 0.389 e. The van der Waals surface area contributed by atoms with Crippen molar-refractivity contribution >= 4 is 17.4 Å². The molecule has 0 aliphatic heterocycles. The summed E-state index contributed by atoms with van der Waals surface area (Å²) in [5.41, 5.74) is 1.51. The summed E-state index contributed by atoms with van der Waals surface area (Å²) in [7, 11) is 0. The van der Waals surface area contributed by atoms with Crippen LogP contribution in [0.3, 0.4) is 0 Å². The molecule has 0 fully saturated rings. The van der Waals surface area contributed by atoms with Gasteiger partial charge in [0.15, 0.2) is 11.5 Å². The second-order valence-corrected chi connectivity index (χ2v) is 6.64. The van der Waals surface area contributed by atoms with Crippen LogP contribution in [0, 0.1) is 10.1 Å². The van der Waals surface area contributed by atoms with Crippen LogP contribution in [0.2, 0.25) is 0 Å². The highest BCUT2D eigenvalue weighted by Gasteiger charge is 2.13. The largest absolute Gasteiger partial charge is 0.490 e. The summed E-state index contributed by atoms with van der Waals surface area (Å²) < 4.78 is 18.2. The van der Waals surface area contributed by atoms with Crippen LogP contribution >= 0.6 is 0 Å². The fourth-order valence-electron chi connectivity index (χ4n) is 2.87. The standard InChI is InChI=1S/C22H24N4O6/c1-3-30-19-10-5-16(13-20(19)31-4-2)15-32-18-8-6-17(7-9-18)23-22(27)14-25-12-11-21(24-25)26(28)29/h5-13H,3-4,14-15H2,1-2H3,(H,23,27). The van der Waals surface area contributed by atoms with Gasteiger partial charge in [0.1, 0.15) is 18.9 Å². The van der Waals surface area contributed by atoms with Gasteiger partial charge in [0.25, 0.3) is 0 Å². The third-order valence-electron chi connectivity index (χ3n) is 4.27. The van der Waals surface area contributed by atoms with Crippen LogP contribution in [0.5, 0.6) is 17.2 Å². The van der Waals surface area contributed by atoms with E-state index in [9.17, 15) is 14.9 Å². The Morgan fingerprint density at radius 2 is 1.75 bits per heavy atom. The number of nitro groups is 1. The lowest BCUT2D eigenvalue weighted by molar-refractivity contribution is -0.389. The molecule has 0 spiro atoms. The van der Waals surface area contributed by atoms with E-state index >= 15 is 0 Å². The van der Waals surface area contributed by atoms with Crippen LogP contribution in [0.1, 0.15) is 19.4 Å². The van der Waals surface area contributed by atoms with Crippen molar-refractivity contribution in [2.24, 2.45) is 0 Å². The van der Waals surface area contributed by atoms with Crippen LogP contribution < -0.4 is 19.5 Å². The van der Waals surface area contributed by atoms with Gasteiger partial charge in [-0.3, -0.25) is 4.79 Å². The van der Waals surface area contributed by atoms with Gasteiger partial charge in [-0.1, -0.05) is 6.07 Å². The number of hydrogen-bond acceptors (Lipinski definition) is 7. The van der Waals surface area contributed by atoms with E-state index in [0.29, 0.717) is 42.8 Å². The number of carbonyl (C=O) groups is 1. The number of nitrogens with one attached hydrogen (secondary N) is 1. The molecule has 0 saturated heterocycles. The molecule has 0 bridgehead atoms. The molecule has 3 rings (SSSR count). The lowest BCUT2D eigenvalue weighted by Crippen LogP contribution is -2.19. The van der Waals surface area contributed by atoms with E-state index in [-0.39, 0.29) is 18.3 Å². The zero-order chi connectivity index (χ0) is 22.9. The zero-order valence-electron chi connectivity index (χ0n) is 17.8. The Hall–Kier alpha value is -4.08. The van der Waals surface area contributed by atoms with Gasteiger partial charge in [0, 0.05) is 5.69 Å². The molecule has 2 aromatic carbocycles. The van der Waals surface area contributed by atoms with E-state index < -0.39 is 4.92 Å². The molecule has 1 heterocycles. The molecule has 10 nitrogen and oxygen atoms in total. The van der Waals surface area contributed by atoms with Gasteiger partial charge in [-0.15, -0.1) is 0 Å².